The number of furan rings is 1. The van der Waals surface area contributed by atoms with Crippen molar-refractivity contribution in [1.29, 1.82) is 0 Å². The average molecular weight is 457 g/mol. The van der Waals surface area contributed by atoms with Gasteiger partial charge in [-0.25, -0.2) is 4.98 Å². The van der Waals surface area contributed by atoms with Crippen molar-refractivity contribution in [3.05, 3.63) is 43.8 Å². The molecule has 0 unspecified atom stereocenters. The second-order valence-corrected chi connectivity index (χ2v) is 8.73. The summed E-state index contributed by atoms with van der Waals surface area (Å²) in [6.07, 6.45) is 2.55. The van der Waals surface area contributed by atoms with Gasteiger partial charge in [-0.3, -0.25) is 0 Å². The monoisotopic (exact) mass is 455 g/mol. The maximum atomic E-state index is 6.37. The topological polar surface area (TPSA) is 73.3 Å². The Balaban J connectivity index is 1.63. The van der Waals surface area contributed by atoms with E-state index in [9.17, 15) is 0 Å². The molecule has 0 radical (unpaired) electrons. The molecule has 0 amide bonds. The molecular weight excluding hydrogens is 438 g/mol. The van der Waals surface area contributed by atoms with Crippen molar-refractivity contribution in [3.8, 4) is 0 Å². The van der Waals surface area contributed by atoms with Gasteiger partial charge in [0.25, 0.3) is 0 Å². The number of halogens is 2. The summed E-state index contributed by atoms with van der Waals surface area (Å²) in [5.74, 6) is 0.768. The van der Waals surface area contributed by atoms with Crippen LogP contribution in [0, 0.1) is 0 Å². The normalized spacial score (nSPS) is 16.8. The molecule has 8 heteroatoms. The number of nitrogens with zero attached hydrogens (tertiary/aromatic N) is 1. The van der Waals surface area contributed by atoms with Gasteiger partial charge in [0, 0.05) is 37.1 Å². The minimum atomic E-state index is -0.219. The molecule has 3 N–H and O–H groups in total. The first-order valence-corrected chi connectivity index (χ1v) is 10.4. The lowest BCUT2D eigenvalue weighted by molar-refractivity contribution is 0.0561. The van der Waals surface area contributed by atoms with Crippen molar-refractivity contribution < 1.29 is 9.15 Å². The van der Waals surface area contributed by atoms with Gasteiger partial charge < -0.3 is 20.2 Å². The maximum Gasteiger partial charge on any atom is 0.177 e. The van der Waals surface area contributed by atoms with Gasteiger partial charge in [0.2, 0.25) is 0 Å². The number of rotatable bonds is 7. The number of aromatic nitrogens is 1. The molecular formula is C18H19BrClN3O2S. The van der Waals surface area contributed by atoms with E-state index in [2.05, 4.69) is 37.7 Å². The number of hydrogen-bond acceptors (Lipinski definition) is 6. The van der Waals surface area contributed by atoms with Crippen LogP contribution < -0.4 is 11.1 Å². The summed E-state index contributed by atoms with van der Waals surface area (Å²) in [7, 11) is 1.72. The predicted octanol–water partition coefficient (Wildman–Crippen LogP) is 4.97. The first-order chi connectivity index (χ1) is 12.5. The SMILES string of the molecule is COC1([C@H](N)Cc2oc3c(NCc4cccs4)cc(Cl)nc3c2Br)CC1. The van der Waals surface area contributed by atoms with Crippen LogP contribution in [0.1, 0.15) is 23.5 Å². The first kappa shape index (κ1) is 18.3. The third kappa shape index (κ3) is 3.39. The van der Waals surface area contributed by atoms with E-state index in [0.717, 1.165) is 28.8 Å². The number of nitrogens with two attached hydrogens (primary N) is 1. The van der Waals surface area contributed by atoms with E-state index in [1.165, 1.54) is 4.88 Å². The van der Waals surface area contributed by atoms with Gasteiger partial charge in [-0.2, -0.15) is 0 Å². The van der Waals surface area contributed by atoms with E-state index in [0.29, 0.717) is 29.2 Å². The standard InChI is InChI=1S/C18H19BrClN3O2S/c1-24-18(4-5-18)13(21)8-12-15(19)16-17(25-12)11(7-14(20)23-16)22-9-10-3-2-6-26-10/h2-3,6-7,13H,4-5,8-9,21H2,1H3,(H,22,23)/t13-/m1/s1. The molecule has 0 aliphatic heterocycles. The highest BCUT2D eigenvalue weighted by Gasteiger charge is 2.48. The van der Waals surface area contributed by atoms with Gasteiger partial charge in [-0.15, -0.1) is 11.3 Å². The van der Waals surface area contributed by atoms with E-state index in [-0.39, 0.29) is 11.6 Å². The highest BCUT2D eigenvalue weighted by atomic mass is 79.9. The van der Waals surface area contributed by atoms with Crippen molar-refractivity contribution in [2.45, 2.75) is 37.5 Å². The summed E-state index contributed by atoms with van der Waals surface area (Å²) in [5, 5.41) is 5.86. The number of anilines is 1. The molecule has 3 heterocycles. The van der Waals surface area contributed by atoms with E-state index in [1.54, 1.807) is 24.5 Å². The fourth-order valence-corrected chi connectivity index (χ4v) is 4.50. The summed E-state index contributed by atoms with van der Waals surface area (Å²) < 4.78 is 12.5. The zero-order valence-electron chi connectivity index (χ0n) is 14.2. The fourth-order valence-electron chi connectivity index (χ4n) is 3.15. The van der Waals surface area contributed by atoms with E-state index < -0.39 is 0 Å². The molecule has 0 saturated heterocycles. The maximum absolute atomic E-state index is 6.37. The smallest absolute Gasteiger partial charge is 0.177 e. The molecule has 1 atom stereocenters. The molecule has 1 aliphatic rings. The van der Waals surface area contributed by atoms with Crippen LogP contribution in [0.25, 0.3) is 11.1 Å². The summed E-state index contributed by atoms with van der Waals surface area (Å²) in [6, 6.07) is 5.78. The Morgan fingerprint density at radius 2 is 2.35 bits per heavy atom. The molecule has 4 rings (SSSR count). The van der Waals surface area contributed by atoms with Crippen LogP contribution in [0.2, 0.25) is 5.15 Å². The predicted molar refractivity (Wildman–Crippen MR) is 109 cm³/mol. The van der Waals surface area contributed by atoms with Gasteiger partial charge in [0.05, 0.1) is 15.8 Å². The van der Waals surface area contributed by atoms with E-state index >= 15 is 0 Å². The number of fused-ring (bicyclic) bond motifs is 1. The molecule has 26 heavy (non-hydrogen) atoms. The molecule has 0 bridgehead atoms. The summed E-state index contributed by atoms with van der Waals surface area (Å²) in [4.78, 5) is 5.65. The van der Waals surface area contributed by atoms with Crippen molar-refractivity contribution >= 4 is 55.7 Å². The van der Waals surface area contributed by atoms with Crippen LogP contribution in [-0.2, 0) is 17.7 Å². The molecule has 3 aromatic rings. The number of pyridine rings is 1. The Morgan fingerprint density at radius 3 is 3.00 bits per heavy atom. The Bertz CT molecular complexity index is 924. The zero-order chi connectivity index (χ0) is 18.3. The third-order valence-electron chi connectivity index (χ3n) is 4.88. The van der Waals surface area contributed by atoms with Crippen molar-refractivity contribution in [3.63, 3.8) is 0 Å². The molecule has 1 saturated carbocycles. The summed E-state index contributed by atoms with van der Waals surface area (Å²) in [5.41, 5.74) is 8.36. The van der Waals surface area contributed by atoms with Gasteiger partial charge >= 0.3 is 0 Å². The van der Waals surface area contributed by atoms with Crippen LogP contribution in [0.5, 0.6) is 0 Å². The van der Waals surface area contributed by atoms with Crippen LogP contribution in [0.4, 0.5) is 5.69 Å². The summed E-state index contributed by atoms with van der Waals surface area (Å²) >= 11 is 11.5. The Kier molecular flexibility index (Phi) is 5.00. The number of methoxy groups -OCH3 is 1. The fraction of sp³-hybridized carbons (Fsp3) is 0.389. The van der Waals surface area contributed by atoms with Crippen molar-refractivity contribution in [1.82, 2.24) is 4.98 Å². The Labute approximate surface area is 169 Å². The molecule has 138 valence electrons. The zero-order valence-corrected chi connectivity index (χ0v) is 17.4. The Hall–Kier alpha value is -1.12. The molecule has 0 aromatic carbocycles. The highest BCUT2D eigenvalue weighted by molar-refractivity contribution is 9.10. The van der Waals surface area contributed by atoms with Crippen LogP contribution >= 0.6 is 38.9 Å². The Morgan fingerprint density at radius 1 is 1.54 bits per heavy atom. The third-order valence-corrected chi connectivity index (χ3v) is 6.77. The largest absolute Gasteiger partial charge is 0.456 e. The summed E-state index contributed by atoms with van der Waals surface area (Å²) in [6.45, 7) is 0.701. The molecule has 0 spiro atoms. The van der Waals surface area contributed by atoms with E-state index in [4.69, 9.17) is 26.5 Å². The first-order valence-electron chi connectivity index (χ1n) is 8.37. The molecule has 3 aromatic heterocycles. The minimum Gasteiger partial charge on any atom is -0.456 e. The van der Waals surface area contributed by atoms with Crippen LogP contribution in [-0.4, -0.2) is 23.7 Å². The number of thiophene rings is 1. The van der Waals surface area contributed by atoms with Crippen molar-refractivity contribution in [2.75, 3.05) is 12.4 Å². The van der Waals surface area contributed by atoms with E-state index in [1.807, 2.05) is 6.07 Å². The van der Waals surface area contributed by atoms with Gasteiger partial charge in [0.15, 0.2) is 5.58 Å². The number of hydrogen-bond donors (Lipinski definition) is 2. The van der Waals surface area contributed by atoms with Crippen LogP contribution in [0.3, 0.4) is 0 Å². The van der Waals surface area contributed by atoms with Gasteiger partial charge in [-0.05, 0) is 40.2 Å². The number of ether oxygens (including phenoxy) is 1. The lowest BCUT2D eigenvalue weighted by Crippen LogP contribution is -2.39. The van der Waals surface area contributed by atoms with Crippen molar-refractivity contribution in [2.24, 2.45) is 5.73 Å². The quantitative estimate of drug-likeness (QED) is 0.491. The van der Waals surface area contributed by atoms with Gasteiger partial charge in [0.1, 0.15) is 16.4 Å². The number of nitrogens with one attached hydrogen (secondary N) is 1. The second-order valence-electron chi connectivity index (χ2n) is 6.52. The lowest BCUT2D eigenvalue weighted by Gasteiger charge is -2.20. The second kappa shape index (κ2) is 7.13. The lowest BCUT2D eigenvalue weighted by atomic mass is 10.1. The van der Waals surface area contributed by atoms with Crippen LogP contribution in [0.15, 0.2) is 32.5 Å². The minimum absolute atomic E-state index is 0.123. The highest BCUT2D eigenvalue weighted by Crippen LogP contribution is 2.44. The molecule has 1 fully saturated rings. The molecule has 1 aliphatic carbocycles. The molecule has 5 nitrogen and oxygen atoms in total. The van der Waals surface area contributed by atoms with Gasteiger partial charge in [-0.1, -0.05) is 17.7 Å². The average Bonchev–Trinajstić information content (AvgIpc) is 3.15.